The Morgan fingerprint density at radius 3 is 2.80 bits per heavy atom. The van der Waals surface area contributed by atoms with Gasteiger partial charge in [-0.2, -0.15) is 5.10 Å². The lowest BCUT2D eigenvalue weighted by Crippen LogP contribution is -2.15. The van der Waals surface area contributed by atoms with Crippen LogP contribution in [0.3, 0.4) is 0 Å². The molecule has 3 heterocycles. The predicted octanol–water partition coefficient (Wildman–Crippen LogP) is 2.82. The third-order valence-corrected chi connectivity index (χ3v) is 4.53. The number of ether oxygens (including phenoxy) is 2. The number of pyridine rings is 1. The molecular weight excluding hydrogens is 342 g/mol. The molecule has 0 aliphatic heterocycles. The van der Waals surface area contributed by atoms with Crippen molar-refractivity contribution in [3.05, 3.63) is 34.8 Å². The van der Waals surface area contributed by atoms with Crippen LogP contribution in [0.4, 0.5) is 0 Å². The maximum absolute atomic E-state index is 12.3. The van der Waals surface area contributed by atoms with Crippen LogP contribution in [-0.2, 0) is 20.8 Å². The summed E-state index contributed by atoms with van der Waals surface area (Å²) in [5, 5.41) is 6.87. The average Bonchev–Trinajstić information content (AvgIpc) is 3.23. The third-order valence-electron chi connectivity index (χ3n) is 3.64. The monoisotopic (exact) mass is 359 g/mol. The number of hydrogen-bond acceptors (Lipinski definition) is 7. The predicted molar refractivity (Wildman–Crippen MR) is 93.6 cm³/mol. The number of aromatic nitrogens is 3. The summed E-state index contributed by atoms with van der Waals surface area (Å²) in [6.07, 6.45) is 0. The van der Waals surface area contributed by atoms with Crippen molar-refractivity contribution in [1.29, 1.82) is 0 Å². The van der Waals surface area contributed by atoms with Crippen molar-refractivity contribution in [2.24, 2.45) is 0 Å². The molecule has 130 valence electrons. The third kappa shape index (κ3) is 3.25. The minimum absolute atomic E-state index is 0.0698. The first-order chi connectivity index (χ1) is 12.0. The molecule has 25 heavy (non-hydrogen) atoms. The number of esters is 2. The first kappa shape index (κ1) is 17.1. The van der Waals surface area contributed by atoms with E-state index in [0.717, 1.165) is 4.88 Å². The van der Waals surface area contributed by atoms with Gasteiger partial charge in [0.1, 0.15) is 6.54 Å². The molecule has 3 aromatic heterocycles. The molecule has 3 rings (SSSR count). The molecule has 3 aromatic rings. The molecule has 0 N–H and O–H groups in total. The molecule has 0 amide bonds. The van der Waals surface area contributed by atoms with E-state index in [0.29, 0.717) is 28.0 Å². The zero-order valence-corrected chi connectivity index (χ0v) is 14.9. The Hall–Kier alpha value is -2.74. The van der Waals surface area contributed by atoms with Crippen LogP contribution in [0.15, 0.2) is 23.6 Å². The fourth-order valence-corrected chi connectivity index (χ4v) is 3.30. The van der Waals surface area contributed by atoms with Crippen LogP contribution in [0.1, 0.15) is 23.0 Å². The summed E-state index contributed by atoms with van der Waals surface area (Å²) in [6, 6.07) is 5.52. The van der Waals surface area contributed by atoms with E-state index in [-0.39, 0.29) is 13.2 Å². The van der Waals surface area contributed by atoms with Crippen molar-refractivity contribution in [1.82, 2.24) is 14.8 Å². The van der Waals surface area contributed by atoms with Crippen molar-refractivity contribution in [3.8, 4) is 10.6 Å². The summed E-state index contributed by atoms with van der Waals surface area (Å²) in [7, 11) is 1.33. The molecule has 0 atom stereocenters. The van der Waals surface area contributed by atoms with Gasteiger partial charge in [-0.15, -0.1) is 11.3 Å². The van der Waals surface area contributed by atoms with Gasteiger partial charge in [-0.05, 0) is 31.4 Å². The Kier molecular flexibility index (Phi) is 4.80. The second-order valence-corrected chi connectivity index (χ2v) is 6.22. The normalized spacial score (nSPS) is 10.8. The Balaban J connectivity index is 2.21. The minimum atomic E-state index is -0.469. The zero-order chi connectivity index (χ0) is 18.0. The van der Waals surface area contributed by atoms with E-state index in [1.54, 1.807) is 19.9 Å². The second-order valence-electron chi connectivity index (χ2n) is 5.27. The molecule has 8 heteroatoms. The summed E-state index contributed by atoms with van der Waals surface area (Å²) >= 11 is 1.51. The van der Waals surface area contributed by atoms with E-state index in [1.165, 1.54) is 23.1 Å². The summed E-state index contributed by atoms with van der Waals surface area (Å²) in [4.78, 5) is 29.6. The van der Waals surface area contributed by atoms with Gasteiger partial charge in [0.25, 0.3) is 0 Å². The molecule has 0 aromatic carbocycles. The van der Waals surface area contributed by atoms with Crippen molar-refractivity contribution < 1.29 is 19.1 Å². The van der Waals surface area contributed by atoms with Crippen molar-refractivity contribution >= 4 is 34.3 Å². The molecule has 0 aliphatic rings. The maximum atomic E-state index is 12.3. The first-order valence-corrected chi connectivity index (χ1v) is 8.59. The van der Waals surface area contributed by atoms with Gasteiger partial charge in [-0.25, -0.2) is 14.5 Å². The lowest BCUT2D eigenvalue weighted by Gasteiger charge is -2.07. The van der Waals surface area contributed by atoms with Crippen LogP contribution < -0.4 is 0 Å². The smallest absolute Gasteiger partial charge is 0.338 e. The number of aryl methyl sites for hydroxylation is 1. The molecule has 7 nitrogen and oxygen atoms in total. The molecule has 0 radical (unpaired) electrons. The molecule has 0 spiro atoms. The fraction of sp³-hybridized carbons (Fsp3) is 0.294. The Labute approximate surface area is 148 Å². The van der Waals surface area contributed by atoms with Gasteiger partial charge >= 0.3 is 11.9 Å². The van der Waals surface area contributed by atoms with Gasteiger partial charge in [-0.3, -0.25) is 4.79 Å². The van der Waals surface area contributed by atoms with Crippen LogP contribution in [0.2, 0.25) is 0 Å². The minimum Gasteiger partial charge on any atom is -0.465 e. The lowest BCUT2D eigenvalue weighted by molar-refractivity contribution is -0.143. The van der Waals surface area contributed by atoms with E-state index in [9.17, 15) is 9.59 Å². The molecule has 0 fully saturated rings. The van der Waals surface area contributed by atoms with E-state index >= 15 is 0 Å². The molecule has 0 saturated carbocycles. The van der Waals surface area contributed by atoms with Crippen LogP contribution in [0.25, 0.3) is 21.6 Å². The van der Waals surface area contributed by atoms with Gasteiger partial charge in [0.2, 0.25) is 0 Å². The number of hydrogen-bond donors (Lipinski definition) is 0. The van der Waals surface area contributed by atoms with Crippen LogP contribution >= 0.6 is 11.3 Å². The first-order valence-electron chi connectivity index (χ1n) is 7.71. The van der Waals surface area contributed by atoms with Crippen molar-refractivity contribution in [3.63, 3.8) is 0 Å². The lowest BCUT2D eigenvalue weighted by atomic mass is 10.1. The molecule has 0 bridgehead atoms. The Morgan fingerprint density at radius 1 is 1.36 bits per heavy atom. The van der Waals surface area contributed by atoms with E-state index in [1.807, 2.05) is 17.5 Å². The van der Waals surface area contributed by atoms with Crippen molar-refractivity contribution in [2.45, 2.75) is 20.4 Å². The maximum Gasteiger partial charge on any atom is 0.338 e. The molecular formula is C17H17N3O4S. The summed E-state index contributed by atoms with van der Waals surface area (Å²) in [5.74, 6) is -0.876. The number of carbonyl (C=O) groups excluding carboxylic acids is 2. The standard InChI is InChI=1S/C17H17N3O4S/c1-4-24-14(21)9-20-16-15(10(2)19-20)11(17(22)23-3)8-12(18-16)13-6-5-7-25-13/h5-8H,4,9H2,1-3H3. The van der Waals surface area contributed by atoms with E-state index in [4.69, 9.17) is 9.47 Å². The van der Waals surface area contributed by atoms with Gasteiger partial charge in [0, 0.05) is 0 Å². The largest absolute Gasteiger partial charge is 0.465 e. The van der Waals surface area contributed by atoms with Gasteiger partial charge < -0.3 is 9.47 Å². The molecule has 0 unspecified atom stereocenters. The van der Waals surface area contributed by atoms with Crippen molar-refractivity contribution in [2.75, 3.05) is 13.7 Å². The number of carbonyl (C=O) groups is 2. The highest BCUT2D eigenvalue weighted by Crippen LogP contribution is 2.29. The quantitative estimate of drug-likeness (QED) is 0.652. The topological polar surface area (TPSA) is 83.3 Å². The second kappa shape index (κ2) is 7.02. The average molecular weight is 359 g/mol. The summed E-state index contributed by atoms with van der Waals surface area (Å²) < 4.78 is 11.4. The SMILES string of the molecule is CCOC(=O)Cn1nc(C)c2c(C(=O)OC)cc(-c3cccs3)nc21. The fourth-order valence-electron chi connectivity index (χ4n) is 2.61. The Morgan fingerprint density at radius 2 is 2.16 bits per heavy atom. The number of fused-ring (bicyclic) bond motifs is 1. The highest BCUT2D eigenvalue weighted by Gasteiger charge is 2.22. The summed E-state index contributed by atoms with van der Waals surface area (Å²) in [6.45, 7) is 3.73. The van der Waals surface area contributed by atoms with E-state index in [2.05, 4.69) is 10.1 Å². The Bertz CT molecular complexity index is 931. The van der Waals surface area contributed by atoms with E-state index < -0.39 is 11.9 Å². The van der Waals surface area contributed by atoms with Gasteiger partial charge in [-0.1, -0.05) is 6.07 Å². The van der Waals surface area contributed by atoms with Crippen LogP contribution in [-0.4, -0.2) is 40.4 Å². The number of rotatable bonds is 5. The van der Waals surface area contributed by atoms with Crippen LogP contribution in [0.5, 0.6) is 0 Å². The highest BCUT2D eigenvalue weighted by atomic mass is 32.1. The van der Waals surface area contributed by atoms with Gasteiger partial charge in [0.05, 0.1) is 40.9 Å². The van der Waals surface area contributed by atoms with Crippen LogP contribution in [0, 0.1) is 6.92 Å². The van der Waals surface area contributed by atoms with Gasteiger partial charge in [0.15, 0.2) is 5.65 Å². The number of nitrogens with zero attached hydrogens (tertiary/aromatic N) is 3. The highest BCUT2D eigenvalue weighted by molar-refractivity contribution is 7.13. The molecule has 0 aliphatic carbocycles. The summed E-state index contributed by atoms with van der Waals surface area (Å²) in [5.41, 5.74) is 2.07. The zero-order valence-electron chi connectivity index (χ0n) is 14.1. The number of methoxy groups -OCH3 is 1. The molecule has 0 saturated heterocycles. The number of thiophene rings is 1.